The summed E-state index contributed by atoms with van der Waals surface area (Å²) in [5, 5.41) is 43.3. The molecule has 0 aromatic carbocycles. The van der Waals surface area contributed by atoms with E-state index in [1.54, 1.807) is 36.4 Å². The van der Waals surface area contributed by atoms with E-state index in [1.165, 1.54) is 18.3 Å². The van der Waals surface area contributed by atoms with Crippen LogP contribution in [-0.4, -0.2) is 44.5 Å². The molecule has 0 saturated carbocycles. The molecule has 1 aliphatic heterocycles. The molecule has 1 fully saturated rings. The third-order valence-corrected chi connectivity index (χ3v) is 5.11. The lowest BCUT2D eigenvalue weighted by molar-refractivity contribution is 0.0253. The van der Waals surface area contributed by atoms with Crippen molar-refractivity contribution in [3.63, 3.8) is 0 Å². The van der Waals surface area contributed by atoms with Crippen molar-refractivity contribution in [3.8, 4) is 35.5 Å². The summed E-state index contributed by atoms with van der Waals surface area (Å²) in [6.45, 7) is 1.44. The van der Waals surface area contributed by atoms with Crippen LogP contribution in [0, 0.1) is 34.0 Å². The predicted octanol–water partition coefficient (Wildman–Crippen LogP) is 4.35. The first-order valence-corrected chi connectivity index (χ1v) is 11.6. The van der Waals surface area contributed by atoms with Gasteiger partial charge in [0, 0.05) is 19.0 Å². The molecule has 3 aromatic heterocycles. The van der Waals surface area contributed by atoms with Crippen LogP contribution in [0.4, 0.5) is 0 Å². The molecule has 12 heteroatoms. The van der Waals surface area contributed by atoms with Crippen molar-refractivity contribution < 1.29 is 19.7 Å². The highest BCUT2D eigenvalue weighted by Crippen LogP contribution is 2.22. The van der Waals surface area contributed by atoms with Crippen LogP contribution in [0.3, 0.4) is 0 Å². The Morgan fingerprint density at radius 3 is 1.94 bits per heavy atom. The molecule has 0 spiro atoms. The molecule has 2 N–H and O–H groups in total. The molecule has 0 atom stereocenters. The van der Waals surface area contributed by atoms with E-state index in [0.29, 0.717) is 20.6 Å². The van der Waals surface area contributed by atoms with Gasteiger partial charge in [0.1, 0.15) is 33.5 Å². The third-order valence-electron chi connectivity index (χ3n) is 4.23. The van der Waals surface area contributed by atoms with E-state index in [0.717, 1.165) is 26.1 Å². The Labute approximate surface area is 218 Å². The van der Waals surface area contributed by atoms with E-state index >= 15 is 0 Å². The van der Waals surface area contributed by atoms with E-state index in [9.17, 15) is 0 Å². The maximum atomic E-state index is 8.93. The summed E-state index contributed by atoms with van der Waals surface area (Å²) in [7, 11) is 0. The first-order chi connectivity index (χ1) is 16.9. The summed E-state index contributed by atoms with van der Waals surface area (Å²) in [6, 6.07) is 15.0. The van der Waals surface area contributed by atoms with Gasteiger partial charge in [0.25, 0.3) is 0 Å². The molecule has 178 valence electrons. The first-order valence-electron chi connectivity index (χ1n) is 9.98. The number of nitriles is 3. The van der Waals surface area contributed by atoms with Gasteiger partial charge in [-0.25, -0.2) is 15.0 Å². The average Bonchev–Trinajstić information content (AvgIpc) is 2.88. The molecule has 1 aliphatic rings. The summed E-state index contributed by atoms with van der Waals surface area (Å²) in [5.41, 5.74) is 0.424. The Balaban J connectivity index is 0.000000197. The second kappa shape index (κ2) is 14.5. The predicted molar refractivity (Wildman–Crippen MR) is 130 cm³/mol. The van der Waals surface area contributed by atoms with E-state index in [2.05, 4.69) is 46.8 Å². The van der Waals surface area contributed by atoms with Crippen molar-refractivity contribution in [3.05, 3.63) is 68.9 Å². The largest absolute Gasteiger partial charge is 0.505 e. The molecule has 0 unspecified atom stereocenters. The minimum Gasteiger partial charge on any atom is -0.505 e. The summed E-state index contributed by atoms with van der Waals surface area (Å²) in [4.78, 5) is 11.3. The quantitative estimate of drug-likeness (QED) is 0.402. The van der Waals surface area contributed by atoms with Gasteiger partial charge in [-0.05, 0) is 68.3 Å². The number of aromatic hydroxyl groups is 2. The van der Waals surface area contributed by atoms with Gasteiger partial charge in [0.05, 0.1) is 13.2 Å². The van der Waals surface area contributed by atoms with Crippen LogP contribution in [0.25, 0.3) is 0 Å². The highest BCUT2D eigenvalue weighted by atomic mass is 79.9. The molecule has 35 heavy (non-hydrogen) atoms. The van der Waals surface area contributed by atoms with Crippen molar-refractivity contribution in [1.29, 1.82) is 15.8 Å². The van der Waals surface area contributed by atoms with Gasteiger partial charge in [-0.3, -0.25) is 0 Å². The highest BCUT2D eigenvalue weighted by molar-refractivity contribution is 9.10. The minimum absolute atomic E-state index is 0.0365. The fourth-order valence-electron chi connectivity index (χ4n) is 2.56. The molecule has 0 bridgehead atoms. The molecule has 3 aromatic rings. The fourth-order valence-corrected chi connectivity index (χ4v) is 3.18. The number of rotatable bonds is 2. The molecular weight excluding hydrogens is 584 g/mol. The Morgan fingerprint density at radius 1 is 0.829 bits per heavy atom. The number of hydrogen-bond donors (Lipinski definition) is 2. The van der Waals surface area contributed by atoms with Crippen molar-refractivity contribution in [2.45, 2.75) is 18.9 Å². The topological polar surface area (TPSA) is 169 Å². The molecule has 0 aliphatic carbocycles. The number of ether oxygens (including phenoxy) is 2. The van der Waals surface area contributed by atoms with Crippen LogP contribution in [0.1, 0.15) is 29.9 Å². The van der Waals surface area contributed by atoms with Crippen LogP contribution < -0.4 is 4.74 Å². The lowest BCUT2D eigenvalue weighted by Crippen LogP contribution is -2.26. The van der Waals surface area contributed by atoms with E-state index < -0.39 is 0 Å². The lowest BCUT2D eigenvalue weighted by atomic mass is 10.1. The van der Waals surface area contributed by atoms with E-state index in [1.807, 2.05) is 6.07 Å². The number of aromatic nitrogens is 3. The zero-order valence-corrected chi connectivity index (χ0v) is 21.3. The number of halogens is 2. The fraction of sp³-hybridized carbons (Fsp3) is 0.217. The standard InChI is InChI=1S/C11H11BrN2O2.C6H3BrN2O.C6H4N2O/c12-11-2-1-10(9(7-13)14-11)16-8-3-5-15-6-4-8;7-6-2-1-5(10)4(3-8)9-6;7-4-5-6(9)2-1-3-8-5/h1-2,8H,3-6H2;1-2,10H;1-3,9H. The second-order valence-electron chi connectivity index (χ2n) is 6.62. The molecule has 1 saturated heterocycles. The molecule has 0 radical (unpaired) electrons. The Bertz CT molecular complexity index is 1260. The maximum absolute atomic E-state index is 8.93. The summed E-state index contributed by atoms with van der Waals surface area (Å²) in [6.07, 6.45) is 3.31. The van der Waals surface area contributed by atoms with Crippen LogP contribution in [-0.2, 0) is 4.74 Å². The zero-order chi connectivity index (χ0) is 25.6. The first kappa shape index (κ1) is 27.5. The molecule has 10 nitrogen and oxygen atoms in total. The van der Waals surface area contributed by atoms with Gasteiger partial charge in [-0.15, -0.1) is 0 Å². The normalized spacial score (nSPS) is 12.3. The maximum Gasteiger partial charge on any atom is 0.183 e. The minimum atomic E-state index is -0.0919. The second-order valence-corrected chi connectivity index (χ2v) is 8.24. The smallest absolute Gasteiger partial charge is 0.183 e. The SMILES string of the molecule is N#Cc1nc(Br)ccc1O.N#Cc1nc(Br)ccc1OC1CCOCC1.N#Cc1ncccc1O. The van der Waals surface area contributed by atoms with Gasteiger partial charge in [-0.1, -0.05) is 0 Å². The average molecular weight is 602 g/mol. The van der Waals surface area contributed by atoms with Crippen molar-refractivity contribution in [1.82, 2.24) is 15.0 Å². The van der Waals surface area contributed by atoms with Crippen LogP contribution in [0.15, 0.2) is 51.8 Å². The number of nitrogens with zero attached hydrogens (tertiary/aromatic N) is 6. The zero-order valence-electron chi connectivity index (χ0n) is 18.1. The van der Waals surface area contributed by atoms with Crippen molar-refractivity contribution in [2.75, 3.05) is 13.2 Å². The lowest BCUT2D eigenvalue weighted by Gasteiger charge is -2.23. The van der Waals surface area contributed by atoms with Gasteiger partial charge >= 0.3 is 0 Å². The number of pyridine rings is 3. The molecule has 0 amide bonds. The van der Waals surface area contributed by atoms with Crippen molar-refractivity contribution in [2.24, 2.45) is 0 Å². The van der Waals surface area contributed by atoms with Crippen LogP contribution in [0.5, 0.6) is 17.2 Å². The Kier molecular flexibility index (Phi) is 11.4. The monoisotopic (exact) mass is 600 g/mol. The summed E-state index contributed by atoms with van der Waals surface area (Å²) in [5.74, 6) is 0.392. The van der Waals surface area contributed by atoms with E-state index in [4.69, 9.17) is 35.5 Å². The Morgan fingerprint density at radius 2 is 1.40 bits per heavy atom. The third kappa shape index (κ3) is 9.19. The summed E-state index contributed by atoms with van der Waals surface area (Å²) < 4.78 is 12.2. The Hall–Kier alpha value is -3.76. The number of hydrogen-bond acceptors (Lipinski definition) is 10. The van der Waals surface area contributed by atoms with Gasteiger partial charge in [-0.2, -0.15) is 15.8 Å². The van der Waals surface area contributed by atoms with Gasteiger partial charge in [0.15, 0.2) is 34.3 Å². The van der Waals surface area contributed by atoms with Gasteiger partial charge in [0.2, 0.25) is 0 Å². The highest BCUT2D eigenvalue weighted by Gasteiger charge is 2.17. The molecule has 4 heterocycles. The van der Waals surface area contributed by atoms with Crippen LogP contribution >= 0.6 is 31.9 Å². The molecule has 4 rings (SSSR count). The van der Waals surface area contributed by atoms with E-state index in [-0.39, 0.29) is 29.0 Å². The molecular formula is C23H18Br2N6O4. The summed E-state index contributed by atoms with van der Waals surface area (Å²) >= 11 is 6.29. The van der Waals surface area contributed by atoms with Crippen LogP contribution in [0.2, 0.25) is 0 Å². The van der Waals surface area contributed by atoms with Crippen molar-refractivity contribution >= 4 is 31.9 Å². The van der Waals surface area contributed by atoms with Gasteiger partial charge < -0.3 is 19.7 Å².